The predicted molar refractivity (Wildman–Crippen MR) is 191 cm³/mol. The molecule has 3 aromatic rings. The average molecular weight is 686 g/mol. The molecule has 10 nitrogen and oxygen atoms in total. The summed E-state index contributed by atoms with van der Waals surface area (Å²) in [4.78, 5) is 57.8. The maximum atomic E-state index is 14.9. The molecule has 5 atom stereocenters. The maximum Gasteiger partial charge on any atom is 0.408 e. The number of esters is 1. The first-order chi connectivity index (χ1) is 23.4. The second kappa shape index (κ2) is 15.8. The van der Waals surface area contributed by atoms with Gasteiger partial charge in [0.1, 0.15) is 35.1 Å². The van der Waals surface area contributed by atoms with Crippen LogP contribution < -0.4 is 10.6 Å². The fourth-order valence-electron chi connectivity index (χ4n) is 5.81. The van der Waals surface area contributed by atoms with Gasteiger partial charge in [0, 0.05) is 18.9 Å². The van der Waals surface area contributed by atoms with E-state index < -0.39 is 53.2 Å². The predicted octanol–water partition coefficient (Wildman–Crippen LogP) is 6.18. The summed E-state index contributed by atoms with van der Waals surface area (Å²) in [5.74, 6) is -1.57. The SMILES string of the molecule is Cc1cc(C(C(=O)NC(Cc2ccccc2)C(=O)OC(C)(C)C)N(C(=O)C(Cc2ccccc2)NC(=O)OC(C)(C)C)C2CC2C)ccc1O. The Hall–Kier alpha value is -4.86. The number of ether oxygens (including phenoxy) is 2. The summed E-state index contributed by atoms with van der Waals surface area (Å²) >= 11 is 0. The normalized spacial score (nSPS) is 17.4. The van der Waals surface area contributed by atoms with Crippen molar-refractivity contribution in [3.05, 3.63) is 101 Å². The lowest BCUT2D eigenvalue weighted by Crippen LogP contribution is -2.56. The number of nitrogens with zero attached hydrogens (tertiary/aromatic N) is 1. The molecule has 1 aliphatic rings. The standard InChI is InChI=1S/C40H51N3O7/c1-25-22-32(25)43(36(46)30(23-27-15-11-9-12-16-27)42-38(48)50-40(6,7)8)34(29-19-20-33(44)26(2)21-29)35(45)41-31(37(47)49-39(3,4)5)24-28-17-13-10-14-18-28/h9-21,25,30-32,34,44H,22-24H2,1-8H3,(H,41,45)(H,42,48). The monoisotopic (exact) mass is 685 g/mol. The minimum Gasteiger partial charge on any atom is -0.508 e. The second-order valence-electron chi connectivity index (χ2n) is 15.1. The second-order valence-corrected chi connectivity index (χ2v) is 15.1. The number of rotatable bonds is 12. The summed E-state index contributed by atoms with van der Waals surface area (Å²) in [5.41, 5.74) is 0.958. The Morgan fingerprint density at radius 3 is 1.80 bits per heavy atom. The summed E-state index contributed by atoms with van der Waals surface area (Å²) in [6.45, 7) is 14.2. The van der Waals surface area contributed by atoms with Crippen LogP contribution >= 0.6 is 0 Å². The fraction of sp³-hybridized carbons (Fsp3) is 0.450. The highest BCUT2D eigenvalue weighted by Gasteiger charge is 2.49. The van der Waals surface area contributed by atoms with Crippen LogP contribution in [0.2, 0.25) is 0 Å². The Bertz CT molecular complexity index is 1650. The minimum atomic E-state index is -1.21. The van der Waals surface area contributed by atoms with E-state index in [4.69, 9.17) is 9.47 Å². The first-order valence-electron chi connectivity index (χ1n) is 17.1. The van der Waals surface area contributed by atoms with Crippen molar-refractivity contribution in [2.75, 3.05) is 0 Å². The largest absolute Gasteiger partial charge is 0.508 e. The Morgan fingerprint density at radius 2 is 1.32 bits per heavy atom. The van der Waals surface area contributed by atoms with Gasteiger partial charge in [-0.15, -0.1) is 0 Å². The number of phenolic OH excluding ortho intramolecular Hbond substituents is 1. The lowest BCUT2D eigenvalue weighted by Gasteiger charge is -2.36. The van der Waals surface area contributed by atoms with Crippen LogP contribution in [0.3, 0.4) is 0 Å². The fourth-order valence-corrected chi connectivity index (χ4v) is 5.81. The summed E-state index contributed by atoms with van der Waals surface area (Å²) in [6.07, 6.45) is 0.183. The lowest BCUT2D eigenvalue weighted by molar-refractivity contribution is -0.159. The highest BCUT2D eigenvalue weighted by molar-refractivity contribution is 5.94. The van der Waals surface area contributed by atoms with Crippen LogP contribution in [0.1, 0.15) is 83.2 Å². The van der Waals surface area contributed by atoms with Crippen molar-refractivity contribution < 1.29 is 33.8 Å². The molecule has 0 bridgehead atoms. The van der Waals surface area contributed by atoms with Gasteiger partial charge in [0.15, 0.2) is 0 Å². The van der Waals surface area contributed by atoms with Crippen LogP contribution in [-0.4, -0.2) is 63.2 Å². The zero-order valence-electron chi connectivity index (χ0n) is 30.4. The number of amides is 3. The lowest BCUT2D eigenvalue weighted by atomic mass is 9.97. The van der Waals surface area contributed by atoms with Gasteiger partial charge in [-0.3, -0.25) is 9.59 Å². The number of aromatic hydroxyl groups is 1. The average Bonchev–Trinajstić information content (AvgIpc) is 3.74. The molecule has 268 valence electrons. The molecule has 0 saturated heterocycles. The van der Waals surface area contributed by atoms with Crippen molar-refractivity contribution in [3.63, 3.8) is 0 Å². The Morgan fingerprint density at radius 1 is 0.800 bits per heavy atom. The maximum absolute atomic E-state index is 14.9. The number of aryl methyl sites for hydroxylation is 1. The van der Waals surface area contributed by atoms with Crippen LogP contribution in [-0.2, 0) is 36.7 Å². The molecule has 10 heteroatoms. The minimum absolute atomic E-state index is 0.0369. The van der Waals surface area contributed by atoms with Crippen LogP contribution in [0.15, 0.2) is 78.9 Å². The van der Waals surface area contributed by atoms with E-state index in [1.54, 1.807) is 60.6 Å². The number of nitrogens with one attached hydrogen (secondary N) is 2. The summed E-state index contributed by atoms with van der Waals surface area (Å²) in [5, 5.41) is 16.1. The summed E-state index contributed by atoms with van der Waals surface area (Å²) in [7, 11) is 0. The van der Waals surface area contributed by atoms with Crippen molar-refractivity contribution in [2.24, 2.45) is 5.92 Å². The van der Waals surface area contributed by atoms with Gasteiger partial charge in [0.05, 0.1) is 0 Å². The van der Waals surface area contributed by atoms with Crippen LogP contribution in [0, 0.1) is 12.8 Å². The van der Waals surface area contributed by atoms with Gasteiger partial charge in [0.2, 0.25) is 11.8 Å². The third-order valence-corrected chi connectivity index (χ3v) is 8.30. The molecule has 50 heavy (non-hydrogen) atoms. The Labute approximate surface area is 295 Å². The molecule has 1 aliphatic carbocycles. The van der Waals surface area contributed by atoms with Gasteiger partial charge in [-0.05, 0) is 95.2 Å². The highest BCUT2D eigenvalue weighted by Crippen LogP contribution is 2.41. The molecule has 0 spiro atoms. The van der Waals surface area contributed by atoms with Crippen molar-refractivity contribution in [1.29, 1.82) is 0 Å². The van der Waals surface area contributed by atoms with E-state index in [-0.39, 0.29) is 30.6 Å². The third-order valence-electron chi connectivity index (χ3n) is 8.30. The van der Waals surface area contributed by atoms with Crippen molar-refractivity contribution in [1.82, 2.24) is 15.5 Å². The van der Waals surface area contributed by atoms with Gasteiger partial charge in [-0.2, -0.15) is 0 Å². The number of carbonyl (C=O) groups excluding carboxylic acids is 4. The Balaban J connectivity index is 1.78. The van der Waals surface area contributed by atoms with Crippen LogP contribution in [0.25, 0.3) is 0 Å². The number of carbonyl (C=O) groups is 4. The first-order valence-corrected chi connectivity index (χ1v) is 17.1. The molecule has 3 amide bonds. The molecule has 1 fully saturated rings. The molecule has 4 rings (SSSR count). The molecule has 1 saturated carbocycles. The quantitative estimate of drug-likeness (QED) is 0.194. The Kier molecular flexibility index (Phi) is 12.0. The van der Waals surface area contributed by atoms with E-state index in [2.05, 4.69) is 10.6 Å². The van der Waals surface area contributed by atoms with Crippen molar-refractivity contribution in [2.45, 2.75) is 110 Å². The van der Waals surface area contributed by atoms with Crippen molar-refractivity contribution in [3.8, 4) is 5.75 Å². The third kappa shape index (κ3) is 10.8. The summed E-state index contributed by atoms with van der Waals surface area (Å²) in [6, 6.07) is 19.7. The van der Waals surface area contributed by atoms with Crippen LogP contribution in [0.5, 0.6) is 5.75 Å². The van der Waals surface area contributed by atoms with E-state index >= 15 is 0 Å². The molecular formula is C40H51N3O7. The van der Waals surface area contributed by atoms with E-state index in [1.807, 2.05) is 67.6 Å². The smallest absolute Gasteiger partial charge is 0.408 e. The number of hydrogen-bond acceptors (Lipinski definition) is 7. The van der Waals surface area contributed by atoms with Crippen molar-refractivity contribution >= 4 is 23.9 Å². The van der Waals surface area contributed by atoms with Crippen LogP contribution in [0.4, 0.5) is 4.79 Å². The molecule has 5 unspecified atom stereocenters. The number of benzene rings is 3. The summed E-state index contributed by atoms with van der Waals surface area (Å²) < 4.78 is 11.3. The first kappa shape index (κ1) is 38.0. The number of phenols is 1. The molecule has 3 aromatic carbocycles. The van der Waals surface area contributed by atoms with E-state index in [9.17, 15) is 24.3 Å². The number of hydrogen-bond donors (Lipinski definition) is 3. The van der Waals surface area contributed by atoms with Gasteiger partial charge < -0.3 is 30.1 Å². The molecule has 0 heterocycles. The van der Waals surface area contributed by atoms with Gasteiger partial charge in [-0.25, -0.2) is 9.59 Å². The number of alkyl carbamates (subject to hydrolysis) is 1. The molecular weight excluding hydrogens is 634 g/mol. The van der Waals surface area contributed by atoms with Gasteiger partial charge in [0.25, 0.3) is 0 Å². The molecule has 0 radical (unpaired) electrons. The van der Waals surface area contributed by atoms with E-state index in [0.29, 0.717) is 17.5 Å². The molecule has 0 aliphatic heterocycles. The van der Waals surface area contributed by atoms with E-state index in [1.165, 1.54) is 11.0 Å². The highest BCUT2D eigenvalue weighted by atomic mass is 16.6. The molecule has 3 N–H and O–H groups in total. The zero-order valence-corrected chi connectivity index (χ0v) is 30.4. The zero-order chi connectivity index (χ0) is 36.8. The van der Waals surface area contributed by atoms with E-state index in [0.717, 1.165) is 11.1 Å². The molecule has 0 aromatic heterocycles. The van der Waals surface area contributed by atoms with Gasteiger partial charge >= 0.3 is 12.1 Å². The van der Waals surface area contributed by atoms with Gasteiger partial charge in [-0.1, -0.05) is 73.7 Å². The topological polar surface area (TPSA) is 134 Å².